The molecule has 4 saturated carbocycles. The molecule has 1 heterocycles. The highest BCUT2D eigenvalue weighted by Gasteiger charge is 2.67. The highest BCUT2D eigenvalue weighted by atomic mass is 17.3. The number of hydrogen-bond donors (Lipinski definition) is 2. The number of ether oxygens (including phenoxy) is 1. The summed E-state index contributed by atoms with van der Waals surface area (Å²) in [6.45, 7) is 1.01. The minimum absolute atomic E-state index is 0.405. The second-order valence-electron chi connectivity index (χ2n) is 9.71. The Hall–Kier alpha value is -1.76. The van der Waals surface area contributed by atoms with Crippen LogP contribution in [0.15, 0.2) is 48.5 Å². The van der Waals surface area contributed by atoms with Gasteiger partial charge in [-0.25, -0.2) is 0 Å². The molecule has 1 saturated heterocycles. The zero-order valence-electron chi connectivity index (χ0n) is 17.3. The van der Waals surface area contributed by atoms with E-state index in [1.807, 2.05) is 24.3 Å². The fraction of sp³-hybridized carbons (Fsp3) is 0.520. The average Bonchev–Trinajstić information content (AvgIpc) is 3.20. The van der Waals surface area contributed by atoms with Gasteiger partial charge in [-0.1, -0.05) is 48.5 Å². The van der Waals surface area contributed by atoms with E-state index in [1.165, 1.54) is 32.1 Å². The van der Waals surface area contributed by atoms with Crippen LogP contribution in [-0.4, -0.2) is 5.79 Å². The van der Waals surface area contributed by atoms with Gasteiger partial charge in [0.1, 0.15) is 0 Å². The van der Waals surface area contributed by atoms with E-state index in [-0.39, 0.29) is 0 Å². The second kappa shape index (κ2) is 6.87. The van der Waals surface area contributed by atoms with Crippen LogP contribution in [0.1, 0.15) is 54.4 Å². The second-order valence-corrected chi connectivity index (χ2v) is 9.71. The average molecular weight is 407 g/mol. The minimum Gasteiger partial charge on any atom is -0.326 e. The van der Waals surface area contributed by atoms with Gasteiger partial charge in [-0.05, 0) is 55.1 Å². The third-order valence-electron chi connectivity index (χ3n) is 8.01. The van der Waals surface area contributed by atoms with Crippen LogP contribution >= 0.6 is 0 Å². The molecule has 5 fully saturated rings. The van der Waals surface area contributed by atoms with Crippen molar-refractivity contribution in [3.05, 3.63) is 70.8 Å². The molecule has 1 aliphatic heterocycles. The van der Waals surface area contributed by atoms with Crippen LogP contribution in [0.25, 0.3) is 0 Å². The van der Waals surface area contributed by atoms with Crippen molar-refractivity contribution in [2.45, 2.75) is 56.8 Å². The van der Waals surface area contributed by atoms with E-state index in [2.05, 4.69) is 24.3 Å². The lowest BCUT2D eigenvalue weighted by Crippen LogP contribution is -2.59. The number of benzene rings is 2. The molecule has 7 rings (SSSR count). The van der Waals surface area contributed by atoms with Crippen molar-refractivity contribution in [1.29, 1.82) is 0 Å². The highest BCUT2D eigenvalue weighted by molar-refractivity contribution is 5.37. The Labute approximate surface area is 177 Å². The lowest BCUT2D eigenvalue weighted by atomic mass is 9.53. The molecule has 0 aromatic heterocycles. The van der Waals surface area contributed by atoms with Gasteiger partial charge in [0.15, 0.2) is 0 Å². The summed E-state index contributed by atoms with van der Waals surface area (Å²) in [6, 6.07) is 16.4. The lowest BCUT2D eigenvalue weighted by Gasteiger charge is -2.57. The molecule has 4 N–H and O–H groups in total. The summed E-state index contributed by atoms with van der Waals surface area (Å²) in [5.74, 6) is 0.743. The number of rotatable bonds is 4. The zero-order chi connectivity index (χ0) is 20.3. The van der Waals surface area contributed by atoms with Crippen LogP contribution in [-0.2, 0) is 33.4 Å². The van der Waals surface area contributed by atoms with Gasteiger partial charge >= 0.3 is 0 Å². The summed E-state index contributed by atoms with van der Waals surface area (Å²) in [5, 5.41) is 0. The fourth-order valence-corrected chi connectivity index (χ4v) is 6.63. The van der Waals surface area contributed by atoms with Gasteiger partial charge in [0.05, 0.1) is 0 Å². The number of hydrogen-bond acceptors (Lipinski definition) is 5. The molecular formula is C25H30N2O3. The predicted molar refractivity (Wildman–Crippen MR) is 112 cm³/mol. The first-order valence-electron chi connectivity index (χ1n) is 11.3. The van der Waals surface area contributed by atoms with Crippen molar-refractivity contribution in [3.8, 4) is 0 Å². The maximum atomic E-state index is 7.03. The quantitative estimate of drug-likeness (QED) is 0.752. The molecule has 30 heavy (non-hydrogen) atoms. The van der Waals surface area contributed by atoms with E-state index in [1.54, 1.807) is 0 Å². The van der Waals surface area contributed by atoms with E-state index in [0.29, 0.717) is 24.9 Å². The molecule has 0 atom stereocenters. The van der Waals surface area contributed by atoms with Crippen LogP contribution < -0.4 is 11.5 Å². The van der Waals surface area contributed by atoms with Crippen LogP contribution in [0.4, 0.5) is 0 Å². The molecule has 2 aromatic rings. The monoisotopic (exact) mass is 406 g/mol. The molecule has 0 unspecified atom stereocenters. The highest BCUT2D eigenvalue weighted by Crippen LogP contribution is 2.64. The lowest BCUT2D eigenvalue weighted by molar-refractivity contribution is -0.387. The Bertz CT molecular complexity index is 849. The fourth-order valence-electron chi connectivity index (χ4n) is 6.63. The standard InChI is InChI=1S/C25H30N2O3/c26-14-16-1-5-20(6-2-16)24(21-7-3-17(15-27)4-8-21)28-25(30-29-24)22-10-18-9-19(12-22)13-23(25)11-18/h1-8,18-19,22-23H,9-15,26-27H2. The molecule has 5 aliphatic rings. The predicted octanol–water partition coefficient (Wildman–Crippen LogP) is 3.94. The van der Waals surface area contributed by atoms with Gasteiger partial charge in [0, 0.05) is 36.1 Å². The Morgan fingerprint density at radius 2 is 1.13 bits per heavy atom. The summed E-state index contributed by atoms with van der Waals surface area (Å²) in [7, 11) is 0. The molecule has 5 heteroatoms. The van der Waals surface area contributed by atoms with Gasteiger partial charge in [-0.2, -0.15) is 9.78 Å². The first-order chi connectivity index (χ1) is 14.6. The third-order valence-corrected chi connectivity index (χ3v) is 8.01. The molecule has 4 bridgehead atoms. The first-order valence-corrected chi connectivity index (χ1v) is 11.3. The van der Waals surface area contributed by atoms with Crippen LogP contribution in [0.3, 0.4) is 0 Å². The SMILES string of the molecule is NCc1ccc(C2(c3ccc(CN)cc3)OOC3(O2)C2CC4CC(C2)CC3C4)cc1. The van der Waals surface area contributed by atoms with Crippen molar-refractivity contribution < 1.29 is 14.5 Å². The van der Waals surface area contributed by atoms with Crippen LogP contribution in [0.2, 0.25) is 0 Å². The Kier molecular flexibility index (Phi) is 4.34. The van der Waals surface area contributed by atoms with Gasteiger partial charge in [0.2, 0.25) is 5.79 Å². The van der Waals surface area contributed by atoms with Crippen molar-refractivity contribution in [2.75, 3.05) is 0 Å². The molecule has 4 aliphatic carbocycles. The summed E-state index contributed by atoms with van der Waals surface area (Å²) >= 11 is 0. The molecule has 1 spiro atoms. The Morgan fingerprint density at radius 3 is 1.57 bits per heavy atom. The largest absolute Gasteiger partial charge is 0.326 e. The third kappa shape index (κ3) is 2.66. The molecule has 158 valence electrons. The van der Waals surface area contributed by atoms with Gasteiger partial charge in [-0.3, -0.25) is 0 Å². The van der Waals surface area contributed by atoms with E-state index >= 15 is 0 Å². The topological polar surface area (TPSA) is 79.7 Å². The molecule has 0 amide bonds. The van der Waals surface area contributed by atoms with Crippen molar-refractivity contribution >= 4 is 0 Å². The van der Waals surface area contributed by atoms with E-state index in [0.717, 1.165) is 34.1 Å². The van der Waals surface area contributed by atoms with Gasteiger partial charge in [0.25, 0.3) is 5.79 Å². The van der Waals surface area contributed by atoms with E-state index < -0.39 is 11.6 Å². The maximum absolute atomic E-state index is 7.03. The molecular weight excluding hydrogens is 376 g/mol. The van der Waals surface area contributed by atoms with Crippen molar-refractivity contribution in [3.63, 3.8) is 0 Å². The van der Waals surface area contributed by atoms with Crippen molar-refractivity contribution in [2.24, 2.45) is 35.1 Å². The molecule has 2 aromatic carbocycles. The van der Waals surface area contributed by atoms with Crippen LogP contribution in [0.5, 0.6) is 0 Å². The smallest absolute Gasteiger partial charge is 0.256 e. The summed E-state index contributed by atoms with van der Waals surface area (Å²) < 4.78 is 7.03. The summed E-state index contributed by atoms with van der Waals surface area (Å²) in [5.41, 5.74) is 15.7. The minimum atomic E-state index is -1.07. The van der Waals surface area contributed by atoms with E-state index in [9.17, 15) is 0 Å². The van der Waals surface area contributed by atoms with Gasteiger partial charge < -0.3 is 16.2 Å². The Morgan fingerprint density at radius 1 is 0.667 bits per heavy atom. The van der Waals surface area contributed by atoms with Crippen LogP contribution in [0, 0.1) is 23.7 Å². The first kappa shape index (κ1) is 19.0. The maximum Gasteiger partial charge on any atom is 0.256 e. The van der Waals surface area contributed by atoms with Crippen molar-refractivity contribution in [1.82, 2.24) is 0 Å². The number of nitrogens with two attached hydrogens (primary N) is 2. The Balaban J connectivity index is 1.43. The molecule has 0 radical (unpaired) electrons. The van der Waals surface area contributed by atoms with Gasteiger partial charge in [-0.15, -0.1) is 0 Å². The zero-order valence-corrected chi connectivity index (χ0v) is 17.3. The molecule has 5 nitrogen and oxygen atoms in total. The summed E-state index contributed by atoms with van der Waals surface area (Å²) in [6.07, 6.45) is 6.13. The summed E-state index contributed by atoms with van der Waals surface area (Å²) in [4.78, 5) is 12.5. The normalized spacial score (nSPS) is 35.9. The van der Waals surface area contributed by atoms with E-state index in [4.69, 9.17) is 26.0 Å².